The quantitative estimate of drug-likeness (QED) is 0.338. The number of amides is 2. The Morgan fingerprint density at radius 3 is 2.13 bits per heavy atom. The van der Waals surface area contributed by atoms with Crippen LogP contribution in [0.1, 0.15) is 32.8 Å². The lowest BCUT2D eigenvalue weighted by molar-refractivity contribution is -0.140. The summed E-state index contributed by atoms with van der Waals surface area (Å²) in [4.78, 5) is 28.1. The number of hydrogen-bond acceptors (Lipinski definition) is 5. The van der Waals surface area contributed by atoms with Crippen LogP contribution in [0.3, 0.4) is 0 Å². The van der Waals surface area contributed by atoms with Crippen LogP contribution in [0.2, 0.25) is 0 Å². The van der Waals surface area contributed by atoms with Gasteiger partial charge in [0.05, 0.1) is 17.2 Å². The number of hydrogen-bond donors (Lipinski definition) is 1. The highest BCUT2D eigenvalue weighted by Crippen LogP contribution is 2.26. The molecule has 0 spiro atoms. The first-order chi connectivity index (χ1) is 18.7. The van der Waals surface area contributed by atoms with Crippen molar-refractivity contribution in [2.45, 2.75) is 44.7 Å². The monoisotopic (exact) mass is 555 g/mol. The van der Waals surface area contributed by atoms with Crippen LogP contribution in [-0.4, -0.2) is 50.9 Å². The Morgan fingerprint density at radius 2 is 1.56 bits per heavy atom. The normalized spacial score (nSPS) is 11.9. The van der Waals surface area contributed by atoms with Gasteiger partial charge in [0.1, 0.15) is 24.2 Å². The maximum absolute atomic E-state index is 13.9. The highest BCUT2D eigenvalue weighted by molar-refractivity contribution is 7.92. The van der Waals surface area contributed by atoms with Gasteiger partial charge in [0.15, 0.2) is 0 Å². The molecule has 1 atom stereocenters. The average molecular weight is 556 g/mol. The van der Waals surface area contributed by atoms with Gasteiger partial charge in [0, 0.05) is 13.1 Å². The number of carbonyl (C=O) groups is 2. The molecule has 0 aromatic heterocycles. The van der Waals surface area contributed by atoms with Crippen molar-refractivity contribution >= 4 is 27.5 Å². The van der Waals surface area contributed by atoms with E-state index in [-0.39, 0.29) is 17.3 Å². The second-order valence-corrected chi connectivity index (χ2v) is 10.6. The average Bonchev–Trinajstić information content (AvgIpc) is 2.93. The van der Waals surface area contributed by atoms with Crippen molar-refractivity contribution in [1.29, 1.82) is 0 Å². The fraction of sp³-hybridized carbons (Fsp3) is 0.310. The summed E-state index contributed by atoms with van der Waals surface area (Å²) >= 11 is 0. The minimum Gasteiger partial charge on any atom is -0.494 e. The fourth-order valence-corrected chi connectivity index (χ4v) is 5.54. The third kappa shape index (κ3) is 7.57. The number of anilines is 1. The second-order valence-electron chi connectivity index (χ2n) is 8.72. The molecule has 208 valence electrons. The molecule has 0 fully saturated rings. The number of para-hydroxylation sites is 1. The van der Waals surface area contributed by atoms with Crippen molar-refractivity contribution in [3.05, 3.63) is 90.2 Å². The SMILES string of the molecule is CCNC(=O)[C@@H](CC)N(Cc1ccc(F)cc1)C(=O)CN(c1ccccc1)S(=O)(=O)c1ccc(OCC)cc1. The van der Waals surface area contributed by atoms with E-state index in [1.54, 1.807) is 56.3 Å². The third-order valence-corrected chi connectivity index (χ3v) is 7.84. The van der Waals surface area contributed by atoms with E-state index < -0.39 is 34.3 Å². The molecule has 0 radical (unpaired) electrons. The minimum atomic E-state index is -4.18. The van der Waals surface area contributed by atoms with Crippen LogP contribution in [0, 0.1) is 5.82 Å². The lowest BCUT2D eigenvalue weighted by atomic mass is 10.1. The smallest absolute Gasteiger partial charge is 0.264 e. The molecule has 0 saturated carbocycles. The summed E-state index contributed by atoms with van der Waals surface area (Å²) in [7, 11) is -4.18. The van der Waals surface area contributed by atoms with Gasteiger partial charge in [-0.2, -0.15) is 0 Å². The number of benzene rings is 3. The minimum absolute atomic E-state index is 0.000481. The van der Waals surface area contributed by atoms with E-state index in [0.29, 0.717) is 36.6 Å². The van der Waals surface area contributed by atoms with E-state index in [0.717, 1.165) is 4.31 Å². The predicted molar refractivity (Wildman–Crippen MR) is 148 cm³/mol. The Morgan fingerprint density at radius 1 is 0.923 bits per heavy atom. The molecular weight excluding hydrogens is 521 g/mol. The van der Waals surface area contributed by atoms with Crippen LogP contribution in [0.4, 0.5) is 10.1 Å². The number of likely N-dealkylation sites (N-methyl/N-ethyl adjacent to an activating group) is 1. The third-order valence-electron chi connectivity index (χ3n) is 6.05. The van der Waals surface area contributed by atoms with Crippen LogP contribution >= 0.6 is 0 Å². The van der Waals surface area contributed by atoms with Crippen LogP contribution in [0.15, 0.2) is 83.8 Å². The van der Waals surface area contributed by atoms with Crippen molar-refractivity contribution in [2.75, 3.05) is 24.0 Å². The molecular formula is C29H34FN3O5S. The molecule has 1 N–H and O–H groups in total. The molecule has 0 saturated heterocycles. The number of rotatable bonds is 13. The zero-order valence-corrected chi connectivity index (χ0v) is 23.2. The summed E-state index contributed by atoms with van der Waals surface area (Å²) in [5.41, 5.74) is 0.903. The van der Waals surface area contributed by atoms with Crippen molar-refractivity contribution in [3.8, 4) is 5.75 Å². The molecule has 0 aliphatic heterocycles. The Bertz CT molecular complexity index is 1330. The summed E-state index contributed by atoms with van der Waals surface area (Å²) in [6.07, 6.45) is 0.301. The Hall–Kier alpha value is -3.92. The van der Waals surface area contributed by atoms with Gasteiger partial charge in [-0.1, -0.05) is 37.3 Å². The van der Waals surface area contributed by atoms with Crippen molar-refractivity contribution in [3.63, 3.8) is 0 Å². The van der Waals surface area contributed by atoms with Crippen LogP contribution in [0.25, 0.3) is 0 Å². The van der Waals surface area contributed by atoms with Gasteiger partial charge in [0.2, 0.25) is 11.8 Å². The maximum Gasteiger partial charge on any atom is 0.264 e. The molecule has 39 heavy (non-hydrogen) atoms. The largest absolute Gasteiger partial charge is 0.494 e. The first-order valence-corrected chi connectivity index (χ1v) is 14.3. The molecule has 3 rings (SSSR count). The zero-order chi connectivity index (χ0) is 28.4. The van der Waals surface area contributed by atoms with E-state index in [9.17, 15) is 22.4 Å². The highest BCUT2D eigenvalue weighted by atomic mass is 32.2. The molecule has 10 heteroatoms. The van der Waals surface area contributed by atoms with E-state index >= 15 is 0 Å². The number of sulfonamides is 1. The topological polar surface area (TPSA) is 96.0 Å². The lowest BCUT2D eigenvalue weighted by Crippen LogP contribution is -2.52. The van der Waals surface area contributed by atoms with Gasteiger partial charge in [-0.25, -0.2) is 12.8 Å². The summed E-state index contributed by atoms with van der Waals surface area (Å²) in [6, 6.07) is 19.1. The van der Waals surface area contributed by atoms with E-state index in [1.165, 1.54) is 41.3 Å². The molecule has 0 aliphatic carbocycles. The van der Waals surface area contributed by atoms with E-state index in [4.69, 9.17) is 4.74 Å². The van der Waals surface area contributed by atoms with Gasteiger partial charge in [-0.3, -0.25) is 13.9 Å². The summed E-state index contributed by atoms with van der Waals surface area (Å²) < 4.78 is 47.6. The van der Waals surface area contributed by atoms with Crippen LogP contribution < -0.4 is 14.4 Å². The molecule has 2 amide bonds. The number of nitrogens with one attached hydrogen (secondary N) is 1. The number of nitrogens with zero attached hydrogens (tertiary/aromatic N) is 2. The number of ether oxygens (including phenoxy) is 1. The van der Waals surface area contributed by atoms with Gasteiger partial charge >= 0.3 is 0 Å². The first-order valence-electron chi connectivity index (χ1n) is 12.8. The van der Waals surface area contributed by atoms with E-state index in [1.807, 2.05) is 6.92 Å². The molecule has 0 unspecified atom stereocenters. The number of halogens is 1. The molecule has 0 bridgehead atoms. The van der Waals surface area contributed by atoms with Crippen LogP contribution in [-0.2, 0) is 26.2 Å². The molecule has 8 nitrogen and oxygen atoms in total. The summed E-state index contributed by atoms with van der Waals surface area (Å²) in [6.45, 7) is 5.64. The predicted octanol–water partition coefficient (Wildman–Crippen LogP) is 4.36. The Balaban J connectivity index is 2.01. The highest BCUT2D eigenvalue weighted by Gasteiger charge is 2.33. The molecule has 0 aliphatic rings. The maximum atomic E-state index is 13.9. The van der Waals surface area contributed by atoms with E-state index in [2.05, 4.69) is 5.32 Å². The van der Waals surface area contributed by atoms with Crippen molar-refractivity contribution < 1.29 is 27.1 Å². The molecule has 3 aromatic carbocycles. The van der Waals surface area contributed by atoms with Gasteiger partial charge in [0.25, 0.3) is 10.0 Å². The number of carbonyl (C=O) groups excluding carboxylic acids is 2. The first kappa shape index (κ1) is 29.6. The second kappa shape index (κ2) is 13.7. The zero-order valence-electron chi connectivity index (χ0n) is 22.3. The summed E-state index contributed by atoms with van der Waals surface area (Å²) in [5, 5.41) is 2.75. The Kier molecular flexibility index (Phi) is 10.4. The van der Waals surface area contributed by atoms with Gasteiger partial charge < -0.3 is 15.0 Å². The summed E-state index contributed by atoms with van der Waals surface area (Å²) in [5.74, 6) is -0.826. The standard InChI is InChI=1S/C29H34FN3O5S/c1-4-27(29(35)31-5-2)32(20-22-12-14-23(30)15-13-22)28(34)21-33(24-10-8-7-9-11-24)39(36,37)26-18-16-25(17-19-26)38-6-3/h7-19,27H,4-6,20-21H2,1-3H3,(H,31,35)/t27-/m1/s1. The fourth-order valence-electron chi connectivity index (χ4n) is 4.12. The van der Waals surface area contributed by atoms with Gasteiger partial charge in [-0.15, -0.1) is 0 Å². The van der Waals surface area contributed by atoms with Crippen molar-refractivity contribution in [2.24, 2.45) is 0 Å². The van der Waals surface area contributed by atoms with Crippen LogP contribution in [0.5, 0.6) is 5.75 Å². The Labute approximate surface area is 229 Å². The van der Waals surface area contributed by atoms with Crippen molar-refractivity contribution in [1.82, 2.24) is 10.2 Å². The molecule has 3 aromatic rings. The lowest BCUT2D eigenvalue weighted by Gasteiger charge is -2.33. The van der Waals surface area contributed by atoms with Gasteiger partial charge in [-0.05, 0) is 74.4 Å². The molecule has 0 heterocycles.